The van der Waals surface area contributed by atoms with Crippen LogP contribution < -0.4 is 5.32 Å². The van der Waals surface area contributed by atoms with Crippen LogP contribution in [0.4, 0.5) is 0 Å². The smallest absolute Gasteiger partial charge is 0.337 e. The Balaban J connectivity index is 1.98. The summed E-state index contributed by atoms with van der Waals surface area (Å²) in [5.74, 6) is -1.28. The van der Waals surface area contributed by atoms with Crippen LogP contribution in [0.15, 0.2) is 46.8 Å². The van der Waals surface area contributed by atoms with Gasteiger partial charge in [-0.2, -0.15) is 0 Å². The number of benzene rings is 1. The number of carbonyl (C=O) groups is 3. The highest BCUT2D eigenvalue weighted by Gasteiger charge is 2.39. The number of dihydropyridines is 1. The quantitative estimate of drug-likeness (QED) is 0.536. The predicted molar refractivity (Wildman–Crippen MR) is 113 cm³/mol. The van der Waals surface area contributed by atoms with E-state index >= 15 is 0 Å². The first-order valence-electron chi connectivity index (χ1n) is 10.6. The minimum Gasteiger partial charge on any atom is -0.465 e. The van der Waals surface area contributed by atoms with Crippen molar-refractivity contribution in [2.45, 2.75) is 58.3 Å². The van der Waals surface area contributed by atoms with Gasteiger partial charge in [-0.1, -0.05) is 31.9 Å². The van der Waals surface area contributed by atoms with Gasteiger partial charge in [0.05, 0.1) is 24.9 Å². The second kappa shape index (κ2) is 9.74. The third-order valence-electron chi connectivity index (χ3n) is 5.64. The Morgan fingerprint density at radius 1 is 1.10 bits per heavy atom. The van der Waals surface area contributed by atoms with Crippen molar-refractivity contribution in [1.82, 2.24) is 5.32 Å². The largest absolute Gasteiger partial charge is 0.465 e. The molecule has 6 nitrogen and oxygen atoms in total. The van der Waals surface area contributed by atoms with E-state index in [1.54, 1.807) is 24.3 Å². The van der Waals surface area contributed by atoms with Gasteiger partial charge < -0.3 is 14.8 Å². The number of unbranched alkanes of at least 4 members (excludes halogenated alkanes) is 2. The molecule has 0 spiro atoms. The molecule has 0 saturated heterocycles. The SMILES string of the molecule is CCCCCOC(=O)C1=C(C)NC2=C(C(=O)CCC2)[C@H]1c1ccc(C(=O)OC)cc1. The number of ketones is 1. The summed E-state index contributed by atoms with van der Waals surface area (Å²) in [6.07, 6.45) is 4.88. The normalized spacial score (nSPS) is 18.6. The zero-order valence-corrected chi connectivity index (χ0v) is 17.9. The average Bonchev–Trinajstić information content (AvgIpc) is 2.75. The standard InChI is InChI=1S/C24H29NO5/c1-4-5-6-14-30-24(28)20-15(2)25-18-8-7-9-19(26)22(18)21(20)16-10-12-17(13-11-16)23(27)29-3/h10-13,21,25H,4-9,14H2,1-3H3/t21-/m0/s1. The molecule has 1 N–H and O–H groups in total. The van der Waals surface area contributed by atoms with Crippen molar-refractivity contribution in [2.24, 2.45) is 0 Å². The van der Waals surface area contributed by atoms with E-state index in [-0.39, 0.29) is 5.78 Å². The molecule has 3 rings (SSSR count). The van der Waals surface area contributed by atoms with Crippen molar-refractivity contribution in [3.8, 4) is 0 Å². The molecule has 0 bridgehead atoms. The van der Waals surface area contributed by atoms with Crippen LogP contribution >= 0.6 is 0 Å². The average molecular weight is 411 g/mol. The zero-order valence-electron chi connectivity index (χ0n) is 17.9. The molecule has 2 aliphatic rings. The van der Waals surface area contributed by atoms with E-state index in [2.05, 4.69) is 12.2 Å². The Morgan fingerprint density at radius 3 is 2.50 bits per heavy atom. The van der Waals surface area contributed by atoms with Gasteiger partial charge in [0.15, 0.2) is 5.78 Å². The van der Waals surface area contributed by atoms with Gasteiger partial charge in [0.1, 0.15) is 0 Å². The van der Waals surface area contributed by atoms with E-state index in [0.717, 1.165) is 43.4 Å². The molecule has 160 valence electrons. The number of ether oxygens (including phenoxy) is 2. The molecule has 1 atom stereocenters. The second-order valence-electron chi connectivity index (χ2n) is 7.72. The number of esters is 2. The van der Waals surface area contributed by atoms with Gasteiger partial charge in [0.2, 0.25) is 0 Å². The Labute approximate surface area is 177 Å². The molecule has 1 aliphatic heterocycles. The number of nitrogens with one attached hydrogen (secondary N) is 1. The van der Waals surface area contributed by atoms with Gasteiger partial charge in [-0.3, -0.25) is 4.79 Å². The first kappa shape index (κ1) is 21.8. The summed E-state index contributed by atoms with van der Waals surface area (Å²) in [4.78, 5) is 37.7. The fraction of sp³-hybridized carbons (Fsp3) is 0.458. The van der Waals surface area contributed by atoms with Crippen LogP contribution in [0.1, 0.15) is 74.2 Å². The van der Waals surface area contributed by atoms with Gasteiger partial charge in [-0.25, -0.2) is 9.59 Å². The summed E-state index contributed by atoms with van der Waals surface area (Å²) >= 11 is 0. The molecule has 0 aromatic heterocycles. The maximum Gasteiger partial charge on any atom is 0.337 e. The number of rotatable bonds is 7. The molecular formula is C24H29NO5. The number of methoxy groups -OCH3 is 1. The lowest BCUT2D eigenvalue weighted by Crippen LogP contribution is -2.34. The third kappa shape index (κ3) is 4.48. The van der Waals surface area contributed by atoms with Crippen LogP contribution in [0, 0.1) is 0 Å². The highest BCUT2D eigenvalue weighted by molar-refractivity contribution is 6.03. The van der Waals surface area contributed by atoms with E-state index in [1.165, 1.54) is 7.11 Å². The van der Waals surface area contributed by atoms with Gasteiger partial charge in [-0.15, -0.1) is 0 Å². The van der Waals surface area contributed by atoms with E-state index in [0.29, 0.717) is 35.4 Å². The van der Waals surface area contributed by atoms with E-state index in [9.17, 15) is 14.4 Å². The number of hydrogen-bond donors (Lipinski definition) is 1. The Hall–Kier alpha value is -2.89. The Bertz CT molecular complexity index is 895. The highest BCUT2D eigenvalue weighted by atomic mass is 16.5. The molecule has 1 aromatic rings. The van der Waals surface area contributed by atoms with Crippen LogP contribution in [-0.4, -0.2) is 31.4 Å². The van der Waals surface area contributed by atoms with Gasteiger partial charge >= 0.3 is 11.9 Å². The zero-order chi connectivity index (χ0) is 21.7. The summed E-state index contributed by atoms with van der Waals surface area (Å²) in [6, 6.07) is 6.89. The number of allylic oxidation sites excluding steroid dienone is 3. The van der Waals surface area contributed by atoms with Crippen LogP contribution in [0.3, 0.4) is 0 Å². The Kier molecular flexibility index (Phi) is 7.08. The van der Waals surface area contributed by atoms with Crippen molar-refractivity contribution in [1.29, 1.82) is 0 Å². The lowest BCUT2D eigenvalue weighted by atomic mass is 9.75. The van der Waals surface area contributed by atoms with Gasteiger partial charge in [0.25, 0.3) is 0 Å². The second-order valence-corrected chi connectivity index (χ2v) is 7.72. The van der Waals surface area contributed by atoms with E-state index < -0.39 is 17.9 Å². The van der Waals surface area contributed by atoms with Crippen LogP contribution in [-0.2, 0) is 19.1 Å². The van der Waals surface area contributed by atoms with Gasteiger partial charge in [-0.05, 0) is 43.9 Å². The molecule has 0 radical (unpaired) electrons. The lowest BCUT2D eigenvalue weighted by molar-refractivity contribution is -0.139. The van der Waals surface area contributed by atoms with Crippen molar-refractivity contribution >= 4 is 17.7 Å². The van der Waals surface area contributed by atoms with Crippen molar-refractivity contribution < 1.29 is 23.9 Å². The maximum absolute atomic E-state index is 13.0. The summed E-state index contributed by atoms with van der Waals surface area (Å²) in [6.45, 7) is 4.30. The maximum atomic E-state index is 13.0. The van der Waals surface area contributed by atoms with Crippen LogP contribution in [0.25, 0.3) is 0 Å². The summed E-state index contributed by atoms with van der Waals surface area (Å²) in [5.41, 5.74) is 3.90. The molecule has 0 unspecified atom stereocenters. The summed E-state index contributed by atoms with van der Waals surface area (Å²) < 4.78 is 10.3. The molecule has 6 heteroatoms. The molecular weight excluding hydrogens is 382 g/mol. The number of Topliss-reactive ketones (excluding diaryl/α,β-unsaturated/α-hetero) is 1. The summed E-state index contributed by atoms with van der Waals surface area (Å²) in [7, 11) is 1.33. The van der Waals surface area contributed by atoms with Crippen molar-refractivity contribution in [3.63, 3.8) is 0 Å². The highest BCUT2D eigenvalue weighted by Crippen LogP contribution is 2.42. The molecule has 30 heavy (non-hydrogen) atoms. The minimum atomic E-state index is -0.501. The molecule has 1 aliphatic carbocycles. The number of hydrogen-bond acceptors (Lipinski definition) is 6. The monoisotopic (exact) mass is 411 g/mol. The van der Waals surface area contributed by atoms with E-state index in [4.69, 9.17) is 9.47 Å². The Morgan fingerprint density at radius 2 is 1.83 bits per heavy atom. The minimum absolute atomic E-state index is 0.0505. The molecule has 0 saturated carbocycles. The first-order valence-corrected chi connectivity index (χ1v) is 10.6. The molecule has 0 amide bonds. The van der Waals surface area contributed by atoms with Crippen LogP contribution in [0.5, 0.6) is 0 Å². The molecule has 1 heterocycles. The predicted octanol–water partition coefficient (Wildman–Crippen LogP) is 4.17. The lowest BCUT2D eigenvalue weighted by Gasteiger charge is -2.34. The molecule has 0 fully saturated rings. The fourth-order valence-corrected chi connectivity index (χ4v) is 4.11. The fourth-order valence-electron chi connectivity index (χ4n) is 4.11. The van der Waals surface area contributed by atoms with Crippen molar-refractivity contribution in [2.75, 3.05) is 13.7 Å². The third-order valence-corrected chi connectivity index (χ3v) is 5.64. The first-order chi connectivity index (χ1) is 14.5. The van der Waals surface area contributed by atoms with Gasteiger partial charge in [0, 0.05) is 29.3 Å². The number of carbonyl (C=O) groups excluding carboxylic acids is 3. The molecule has 1 aromatic carbocycles. The van der Waals surface area contributed by atoms with Crippen molar-refractivity contribution in [3.05, 3.63) is 57.9 Å². The topological polar surface area (TPSA) is 81.7 Å². The summed E-state index contributed by atoms with van der Waals surface area (Å²) in [5, 5.41) is 3.28. The van der Waals surface area contributed by atoms with Crippen LogP contribution in [0.2, 0.25) is 0 Å². The van der Waals surface area contributed by atoms with E-state index in [1.807, 2.05) is 6.92 Å².